The second-order valence-electron chi connectivity index (χ2n) is 5.52. The molecule has 24 heavy (non-hydrogen) atoms. The Hall–Kier alpha value is -2.91. The minimum Gasteiger partial charge on any atom is -0.310 e. The third kappa shape index (κ3) is 3.07. The first kappa shape index (κ1) is 16.0. The zero-order valence-corrected chi connectivity index (χ0v) is 13.7. The molecule has 1 fully saturated rings. The van der Waals surface area contributed by atoms with E-state index in [-0.39, 0.29) is 11.1 Å². The standard InChI is InChI=1S/C19H14N4S/c20-10-15(11-21)16(12-22)19-8-7-18(24-19)14-5-3-13(4-6-14)17-2-1-9-23-17/h3-8,17,23H,1-2,9H2. The Morgan fingerprint density at radius 1 is 1.00 bits per heavy atom. The van der Waals surface area contributed by atoms with Crippen molar-refractivity contribution in [2.75, 3.05) is 6.54 Å². The third-order valence-corrected chi connectivity index (χ3v) is 5.25. The summed E-state index contributed by atoms with van der Waals surface area (Å²) in [6.45, 7) is 1.07. The number of benzene rings is 1. The van der Waals surface area contributed by atoms with Crippen LogP contribution in [0.15, 0.2) is 42.0 Å². The Balaban J connectivity index is 1.89. The minimum absolute atomic E-state index is 0.142. The first-order valence-electron chi connectivity index (χ1n) is 7.65. The molecule has 1 saturated heterocycles. The van der Waals surface area contributed by atoms with Gasteiger partial charge in [-0.3, -0.25) is 0 Å². The summed E-state index contributed by atoms with van der Waals surface area (Å²) in [6, 6.07) is 18.1. The zero-order valence-electron chi connectivity index (χ0n) is 12.9. The number of rotatable bonds is 3. The van der Waals surface area contributed by atoms with Crippen molar-refractivity contribution in [3.05, 3.63) is 52.4 Å². The molecular formula is C19H14N4S. The second-order valence-corrected chi connectivity index (χ2v) is 6.60. The minimum atomic E-state index is -0.145. The van der Waals surface area contributed by atoms with Gasteiger partial charge in [-0.15, -0.1) is 11.3 Å². The molecule has 0 amide bonds. The highest BCUT2D eigenvalue weighted by Gasteiger charge is 2.16. The normalized spacial score (nSPS) is 16.0. The van der Waals surface area contributed by atoms with Crippen LogP contribution in [0, 0.1) is 34.0 Å². The molecule has 0 aliphatic carbocycles. The van der Waals surface area contributed by atoms with Crippen LogP contribution >= 0.6 is 11.3 Å². The lowest BCUT2D eigenvalue weighted by Crippen LogP contribution is -2.12. The summed E-state index contributed by atoms with van der Waals surface area (Å²) in [5.41, 5.74) is 2.36. The lowest BCUT2D eigenvalue weighted by molar-refractivity contribution is 0.648. The van der Waals surface area contributed by atoms with Crippen molar-refractivity contribution < 1.29 is 0 Å². The maximum Gasteiger partial charge on any atom is 0.148 e. The molecule has 0 bridgehead atoms. The Bertz CT molecular complexity index is 879. The van der Waals surface area contributed by atoms with Gasteiger partial charge in [-0.1, -0.05) is 24.3 Å². The number of hydrogen-bond donors (Lipinski definition) is 1. The highest BCUT2D eigenvalue weighted by Crippen LogP contribution is 2.34. The van der Waals surface area contributed by atoms with Crippen molar-refractivity contribution >= 4 is 16.9 Å². The Morgan fingerprint density at radius 2 is 1.75 bits per heavy atom. The molecule has 116 valence electrons. The molecule has 1 aromatic carbocycles. The largest absolute Gasteiger partial charge is 0.310 e. The quantitative estimate of drug-likeness (QED) is 0.856. The van der Waals surface area contributed by atoms with Gasteiger partial charge < -0.3 is 5.32 Å². The number of nitrogens with zero attached hydrogens (tertiary/aromatic N) is 3. The van der Waals surface area contributed by atoms with Crippen molar-refractivity contribution in [1.29, 1.82) is 15.8 Å². The van der Waals surface area contributed by atoms with E-state index in [1.807, 2.05) is 12.1 Å². The zero-order chi connectivity index (χ0) is 16.9. The summed E-state index contributed by atoms with van der Waals surface area (Å²) in [5.74, 6) is 0. The monoisotopic (exact) mass is 330 g/mol. The lowest BCUT2D eigenvalue weighted by Gasteiger charge is -2.10. The molecule has 0 radical (unpaired) electrons. The predicted molar refractivity (Wildman–Crippen MR) is 93.5 cm³/mol. The van der Waals surface area contributed by atoms with Gasteiger partial charge >= 0.3 is 0 Å². The van der Waals surface area contributed by atoms with Gasteiger partial charge in [0, 0.05) is 15.8 Å². The molecule has 1 aliphatic heterocycles. The van der Waals surface area contributed by atoms with Crippen molar-refractivity contribution in [2.24, 2.45) is 0 Å². The fourth-order valence-corrected chi connectivity index (χ4v) is 3.86. The summed E-state index contributed by atoms with van der Waals surface area (Å²) in [5, 5.41) is 30.7. The van der Waals surface area contributed by atoms with Crippen LogP contribution in [0.2, 0.25) is 0 Å². The molecule has 2 heterocycles. The van der Waals surface area contributed by atoms with Gasteiger partial charge in [0.25, 0.3) is 0 Å². The summed E-state index contributed by atoms with van der Waals surface area (Å²) < 4.78 is 0. The van der Waals surface area contributed by atoms with E-state index in [1.54, 1.807) is 18.2 Å². The van der Waals surface area contributed by atoms with E-state index >= 15 is 0 Å². The second kappa shape index (κ2) is 7.11. The highest BCUT2D eigenvalue weighted by molar-refractivity contribution is 7.16. The van der Waals surface area contributed by atoms with Crippen LogP contribution in [0.4, 0.5) is 0 Å². The van der Waals surface area contributed by atoms with Crippen LogP contribution in [0.3, 0.4) is 0 Å². The van der Waals surface area contributed by atoms with Crippen LogP contribution in [0.25, 0.3) is 16.0 Å². The van der Waals surface area contributed by atoms with Gasteiger partial charge in [0.05, 0.1) is 5.57 Å². The van der Waals surface area contributed by atoms with Crippen LogP contribution in [-0.4, -0.2) is 6.54 Å². The van der Waals surface area contributed by atoms with E-state index in [0.717, 1.165) is 17.0 Å². The number of allylic oxidation sites excluding steroid dienone is 2. The van der Waals surface area contributed by atoms with Crippen molar-refractivity contribution in [3.8, 4) is 28.6 Å². The molecule has 1 aliphatic rings. The average molecular weight is 330 g/mol. The number of nitriles is 3. The van der Waals surface area contributed by atoms with E-state index in [0.29, 0.717) is 10.9 Å². The lowest BCUT2D eigenvalue weighted by atomic mass is 10.0. The van der Waals surface area contributed by atoms with Gasteiger partial charge in [0.15, 0.2) is 0 Å². The van der Waals surface area contributed by atoms with Gasteiger partial charge in [-0.2, -0.15) is 15.8 Å². The first-order valence-corrected chi connectivity index (χ1v) is 8.47. The maximum atomic E-state index is 9.24. The predicted octanol–water partition coefficient (Wildman–Crippen LogP) is 4.16. The number of thiophene rings is 1. The topological polar surface area (TPSA) is 83.4 Å². The fourth-order valence-electron chi connectivity index (χ4n) is 2.85. The van der Waals surface area contributed by atoms with E-state index in [4.69, 9.17) is 10.5 Å². The van der Waals surface area contributed by atoms with Crippen LogP contribution in [0.5, 0.6) is 0 Å². The van der Waals surface area contributed by atoms with Crippen molar-refractivity contribution in [1.82, 2.24) is 5.32 Å². The first-order chi connectivity index (χ1) is 11.8. The Morgan fingerprint density at radius 3 is 2.33 bits per heavy atom. The number of hydrogen-bond acceptors (Lipinski definition) is 5. The Kier molecular flexibility index (Phi) is 4.73. The smallest absolute Gasteiger partial charge is 0.148 e. The molecule has 1 unspecified atom stereocenters. The molecule has 1 aromatic heterocycles. The molecule has 2 aromatic rings. The molecule has 1 atom stereocenters. The summed E-state index contributed by atoms with van der Waals surface area (Å²) in [7, 11) is 0. The van der Waals surface area contributed by atoms with Gasteiger partial charge in [0.1, 0.15) is 23.8 Å². The van der Waals surface area contributed by atoms with E-state index < -0.39 is 0 Å². The highest BCUT2D eigenvalue weighted by atomic mass is 32.1. The third-order valence-electron chi connectivity index (χ3n) is 4.10. The maximum absolute atomic E-state index is 9.24. The molecule has 4 nitrogen and oxygen atoms in total. The summed E-state index contributed by atoms with van der Waals surface area (Å²) in [6.07, 6.45) is 2.38. The van der Waals surface area contributed by atoms with E-state index in [2.05, 4.69) is 29.6 Å². The van der Waals surface area contributed by atoms with Crippen molar-refractivity contribution in [2.45, 2.75) is 18.9 Å². The van der Waals surface area contributed by atoms with Crippen LogP contribution in [0.1, 0.15) is 29.3 Å². The Labute approximate surface area is 144 Å². The summed E-state index contributed by atoms with van der Waals surface area (Å²) in [4.78, 5) is 1.66. The van der Waals surface area contributed by atoms with Gasteiger partial charge in [-0.05, 0) is 42.6 Å². The van der Waals surface area contributed by atoms with Gasteiger partial charge in [0.2, 0.25) is 0 Å². The fraction of sp³-hybridized carbons (Fsp3) is 0.211. The van der Waals surface area contributed by atoms with Crippen molar-refractivity contribution in [3.63, 3.8) is 0 Å². The van der Waals surface area contributed by atoms with Crippen LogP contribution in [-0.2, 0) is 0 Å². The molecule has 3 rings (SSSR count). The molecule has 0 saturated carbocycles. The average Bonchev–Trinajstić information content (AvgIpc) is 3.31. The molecule has 1 N–H and O–H groups in total. The van der Waals surface area contributed by atoms with E-state index in [1.165, 1.54) is 29.7 Å². The SMILES string of the molecule is N#CC(C#N)=C(C#N)c1ccc(-c2ccc(C3CCCN3)cc2)s1. The van der Waals surface area contributed by atoms with Gasteiger partial charge in [-0.25, -0.2) is 0 Å². The van der Waals surface area contributed by atoms with E-state index in [9.17, 15) is 5.26 Å². The number of nitrogens with one attached hydrogen (secondary N) is 1. The molecular weight excluding hydrogens is 316 g/mol. The molecule has 5 heteroatoms. The molecule has 0 spiro atoms. The summed E-state index contributed by atoms with van der Waals surface area (Å²) >= 11 is 1.42. The van der Waals surface area contributed by atoms with Crippen LogP contribution < -0.4 is 5.32 Å².